The predicted octanol–water partition coefficient (Wildman–Crippen LogP) is 2.74. The van der Waals surface area contributed by atoms with Crippen molar-refractivity contribution in [2.24, 2.45) is 0 Å². The first-order valence-electron chi connectivity index (χ1n) is 5.94. The van der Waals surface area contributed by atoms with Crippen molar-refractivity contribution in [3.8, 4) is 11.8 Å². The summed E-state index contributed by atoms with van der Waals surface area (Å²) < 4.78 is 10.1. The first-order chi connectivity index (χ1) is 9.71. The molecule has 2 rings (SSSR count). The Labute approximate surface area is 116 Å². The van der Waals surface area contributed by atoms with E-state index in [0.717, 1.165) is 0 Å². The van der Waals surface area contributed by atoms with Crippen molar-refractivity contribution in [3.05, 3.63) is 42.5 Å². The molecule has 2 N–H and O–H groups in total. The normalized spacial score (nSPS) is 9.70. The monoisotopic (exact) mass is 273 g/mol. The molecule has 2 amide bonds. The first-order valence-corrected chi connectivity index (χ1v) is 5.94. The second kappa shape index (κ2) is 6.42. The molecule has 2 aromatic rings. The summed E-state index contributed by atoms with van der Waals surface area (Å²) in [5, 5.41) is 5.40. The van der Waals surface area contributed by atoms with Crippen LogP contribution in [0.1, 0.15) is 0 Å². The highest BCUT2D eigenvalue weighted by Crippen LogP contribution is 2.21. The molecular formula is C14H15N3O3. The Kier molecular flexibility index (Phi) is 4.39. The van der Waals surface area contributed by atoms with Gasteiger partial charge in [-0.3, -0.25) is 0 Å². The fourth-order valence-electron chi connectivity index (χ4n) is 1.58. The van der Waals surface area contributed by atoms with Gasteiger partial charge < -0.3 is 20.1 Å². The largest absolute Gasteiger partial charge is 0.481 e. The van der Waals surface area contributed by atoms with Gasteiger partial charge in [0.25, 0.3) is 0 Å². The van der Waals surface area contributed by atoms with Gasteiger partial charge in [0.05, 0.1) is 19.9 Å². The van der Waals surface area contributed by atoms with E-state index in [1.54, 1.807) is 24.3 Å². The van der Waals surface area contributed by atoms with Crippen LogP contribution in [0.2, 0.25) is 0 Å². The third kappa shape index (κ3) is 3.61. The molecule has 20 heavy (non-hydrogen) atoms. The maximum Gasteiger partial charge on any atom is 0.323 e. The molecule has 0 aliphatic carbocycles. The molecule has 0 saturated heterocycles. The van der Waals surface area contributed by atoms with Gasteiger partial charge in [0.2, 0.25) is 11.8 Å². The Hall–Kier alpha value is -2.76. The lowest BCUT2D eigenvalue weighted by Crippen LogP contribution is -2.19. The van der Waals surface area contributed by atoms with E-state index in [-0.39, 0.29) is 6.03 Å². The van der Waals surface area contributed by atoms with Crippen LogP contribution in [0.4, 0.5) is 16.2 Å². The Morgan fingerprint density at radius 2 is 1.50 bits per heavy atom. The SMILES string of the molecule is COc1cc(NC(=O)Nc2ccccc2)cc(OC)n1. The van der Waals surface area contributed by atoms with Crippen LogP contribution in [0.25, 0.3) is 0 Å². The number of pyridine rings is 1. The molecule has 104 valence electrons. The zero-order valence-corrected chi connectivity index (χ0v) is 11.2. The highest BCUT2D eigenvalue weighted by molar-refractivity contribution is 5.99. The minimum Gasteiger partial charge on any atom is -0.481 e. The fraction of sp³-hybridized carbons (Fsp3) is 0.143. The Morgan fingerprint density at radius 1 is 0.950 bits per heavy atom. The maximum absolute atomic E-state index is 11.9. The number of benzene rings is 1. The van der Waals surface area contributed by atoms with Gasteiger partial charge in [0.15, 0.2) is 0 Å². The molecule has 0 unspecified atom stereocenters. The Bertz CT molecular complexity index is 565. The number of urea groups is 1. The fourth-order valence-corrected chi connectivity index (χ4v) is 1.58. The number of hydrogen-bond donors (Lipinski definition) is 2. The van der Waals surface area contributed by atoms with Crippen LogP contribution in [0, 0.1) is 0 Å². The number of carbonyl (C=O) groups excluding carboxylic acids is 1. The van der Waals surface area contributed by atoms with Crippen molar-refractivity contribution < 1.29 is 14.3 Å². The number of carbonyl (C=O) groups is 1. The van der Waals surface area contributed by atoms with E-state index in [0.29, 0.717) is 23.1 Å². The topological polar surface area (TPSA) is 72.5 Å². The predicted molar refractivity (Wildman–Crippen MR) is 76.4 cm³/mol. The lowest BCUT2D eigenvalue weighted by Gasteiger charge is -2.10. The molecule has 0 radical (unpaired) electrons. The third-order valence-corrected chi connectivity index (χ3v) is 2.49. The van der Waals surface area contributed by atoms with E-state index >= 15 is 0 Å². The summed E-state index contributed by atoms with van der Waals surface area (Å²) in [7, 11) is 2.99. The number of hydrogen-bond acceptors (Lipinski definition) is 4. The van der Waals surface area contributed by atoms with E-state index in [9.17, 15) is 4.79 Å². The summed E-state index contributed by atoms with van der Waals surface area (Å²) in [5.41, 5.74) is 1.24. The molecule has 6 nitrogen and oxygen atoms in total. The molecule has 1 heterocycles. The Morgan fingerprint density at radius 3 is 2.05 bits per heavy atom. The summed E-state index contributed by atoms with van der Waals surface area (Å²) in [6.45, 7) is 0. The minimum absolute atomic E-state index is 0.355. The van der Waals surface area contributed by atoms with Crippen molar-refractivity contribution in [3.63, 3.8) is 0 Å². The Balaban J connectivity index is 2.07. The number of rotatable bonds is 4. The van der Waals surface area contributed by atoms with Gasteiger partial charge in [-0.1, -0.05) is 18.2 Å². The first kappa shape index (κ1) is 13.7. The van der Waals surface area contributed by atoms with E-state index < -0.39 is 0 Å². The van der Waals surface area contributed by atoms with Crippen molar-refractivity contribution in [1.82, 2.24) is 4.98 Å². The second-order valence-corrected chi connectivity index (χ2v) is 3.89. The van der Waals surface area contributed by atoms with Crippen LogP contribution in [0.3, 0.4) is 0 Å². The maximum atomic E-state index is 11.9. The molecule has 0 aliphatic rings. The number of nitrogens with one attached hydrogen (secondary N) is 2. The van der Waals surface area contributed by atoms with Gasteiger partial charge in [-0.05, 0) is 12.1 Å². The molecule has 6 heteroatoms. The van der Waals surface area contributed by atoms with Gasteiger partial charge in [-0.2, -0.15) is 4.98 Å². The van der Waals surface area contributed by atoms with Crippen molar-refractivity contribution in [2.45, 2.75) is 0 Å². The number of para-hydroxylation sites is 1. The van der Waals surface area contributed by atoms with Crippen molar-refractivity contribution >= 4 is 17.4 Å². The van der Waals surface area contributed by atoms with Crippen molar-refractivity contribution in [2.75, 3.05) is 24.9 Å². The number of amides is 2. The van der Waals surface area contributed by atoms with E-state index in [2.05, 4.69) is 15.6 Å². The number of aromatic nitrogens is 1. The summed E-state index contributed by atoms with van der Waals surface area (Å²) >= 11 is 0. The van der Waals surface area contributed by atoms with Gasteiger partial charge in [-0.25, -0.2) is 4.79 Å². The number of anilines is 2. The molecule has 0 fully saturated rings. The highest BCUT2D eigenvalue weighted by atomic mass is 16.5. The smallest absolute Gasteiger partial charge is 0.323 e. The number of methoxy groups -OCH3 is 2. The van der Waals surface area contributed by atoms with E-state index in [4.69, 9.17) is 9.47 Å². The average molecular weight is 273 g/mol. The average Bonchev–Trinajstić information content (AvgIpc) is 2.47. The summed E-state index contributed by atoms with van der Waals surface area (Å²) in [5.74, 6) is 0.721. The van der Waals surface area contributed by atoms with Crippen molar-refractivity contribution in [1.29, 1.82) is 0 Å². The molecule has 1 aromatic heterocycles. The van der Waals surface area contributed by atoms with Gasteiger partial charge in [0, 0.05) is 17.8 Å². The molecule has 0 bridgehead atoms. The summed E-state index contributed by atoms with van der Waals surface area (Å²) in [4.78, 5) is 15.9. The van der Waals surface area contributed by atoms with E-state index in [1.807, 2.05) is 18.2 Å². The summed E-state index contributed by atoms with van der Waals surface area (Å²) in [6.07, 6.45) is 0. The minimum atomic E-state index is -0.355. The second-order valence-electron chi connectivity index (χ2n) is 3.89. The quantitative estimate of drug-likeness (QED) is 0.898. The molecule has 0 spiro atoms. The molecule has 0 saturated carbocycles. The molecule has 1 aromatic carbocycles. The number of ether oxygens (including phenoxy) is 2. The summed E-state index contributed by atoms with van der Waals surface area (Å²) in [6, 6.07) is 12.0. The molecule has 0 atom stereocenters. The van der Waals surface area contributed by atoms with Crippen LogP contribution >= 0.6 is 0 Å². The van der Waals surface area contributed by atoms with Crippen LogP contribution in [0.15, 0.2) is 42.5 Å². The van der Waals surface area contributed by atoms with E-state index in [1.165, 1.54) is 14.2 Å². The zero-order chi connectivity index (χ0) is 14.4. The van der Waals surface area contributed by atoms with Gasteiger partial charge in [0.1, 0.15) is 0 Å². The van der Waals surface area contributed by atoms with Crippen LogP contribution in [-0.2, 0) is 0 Å². The standard InChI is InChI=1S/C14H15N3O3/c1-19-12-8-11(9-13(17-12)20-2)16-14(18)15-10-6-4-3-5-7-10/h3-9H,1-2H3,(H2,15,16,17,18). The van der Waals surface area contributed by atoms with Crippen LogP contribution < -0.4 is 20.1 Å². The highest BCUT2D eigenvalue weighted by Gasteiger charge is 2.07. The van der Waals surface area contributed by atoms with Gasteiger partial charge in [-0.15, -0.1) is 0 Å². The van der Waals surface area contributed by atoms with Crippen LogP contribution in [-0.4, -0.2) is 25.2 Å². The lowest BCUT2D eigenvalue weighted by atomic mass is 10.3. The third-order valence-electron chi connectivity index (χ3n) is 2.49. The zero-order valence-electron chi connectivity index (χ0n) is 11.2. The van der Waals surface area contributed by atoms with Crippen LogP contribution in [0.5, 0.6) is 11.8 Å². The molecule has 0 aliphatic heterocycles. The molecular weight excluding hydrogens is 258 g/mol. The van der Waals surface area contributed by atoms with Gasteiger partial charge >= 0.3 is 6.03 Å². The number of nitrogens with zero attached hydrogens (tertiary/aromatic N) is 1. The lowest BCUT2D eigenvalue weighted by molar-refractivity contribution is 0.262.